The van der Waals surface area contributed by atoms with Crippen molar-refractivity contribution in [1.82, 2.24) is 15.1 Å². The molecule has 0 spiro atoms. The van der Waals surface area contributed by atoms with Gasteiger partial charge in [0.1, 0.15) is 6.04 Å². The van der Waals surface area contributed by atoms with Crippen molar-refractivity contribution in [3.05, 3.63) is 42.7 Å². The molecule has 2 unspecified atom stereocenters. The van der Waals surface area contributed by atoms with E-state index >= 15 is 0 Å². The maximum absolute atomic E-state index is 12.3. The molecular weight excluding hydrogens is 342 g/mol. The summed E-state index contributed by atoms with van der Waals surface area (Å²) in [7, 11) is 0. The molecule has 0 bridgehead atoms. The van der Waals surface area contributed by atoms with Crippen molar-refractivity contribution in [2.45, 2.75) is 19.4 Å². The highest BCUT2D eigenvalue weighted by atomic mass is 35.5. The average molecular weight is 364 g/mol. The third kappa shape index (κ3) is 4.80. The monoisotopic (exact) mass is 363 g/mol. The molecule has 7 nitrogen and oxygen atoms in total. The number of benzene rings is 1. The normalized spacial score (nSPS) is 17.4. The SMILES string of the molecule is CC(C(=O)Nc1cccc(NC(=O)C2CCNC2)c1)n1cccn1.Cl. The fraction of sp³-hybridized carbons (Fsp3) is 0.353. The summed E-state index contributed by atoms with van der Waals surface area (Å²) in [5, 5.41) is 13.0. The molecule has 134 valence electrons. The number of halogens is 1. The molecule has 3 N–H and O–H groups in total. The summed E-state index contributed by atoms with van der Waals surface area (Å²) in [6, 6.07) is 8.53. The minimum absolute atomic E-state index is 0. The molecule has 2 heterocycles. The van der Waals surface area contributed by atoms with Crippen LogP contribution in [0.15, 0.2) is 42.7 Å². The van der Waals surface area contributed by atoms with Gasteiger partial charge in [-0.2, -0.15) is 5.10 Å². The van der Waals surface area contributed by atoms with Gasteiger partial charge in [-0.05, 0) is 44.2 Å². The Morgan fingerprint density at radius 3 is 2.68 bits per heavy atom. The first-order chi connectivity index (χ1) is 11.6. The molecule has 0 aliphatic carbocycles. The second-order valence-electron chi connectivity index (χ2n) is 5.91. The molecule has 8 heteroatoms. The smallest absolute Gasteiger partial charge is 0.248 e. The van der Waals surface area contributed by atoms with Crippen LogP contribution in [0.2, 0.25) is 0 Å². The molecule has 2 aromatic rings. The molecule has 1 aromatic carbocycles. The number of carbonyl (C=O) groups excluding carboxylic acids is 2. The van der Waals surface area contributed by atoms with Gasteiger partial charge in [0.2, 0.25) is 11.8 Å². The van der Waals surface area contributed by atoms with Gasteiger partial charge in [0.05, 0.1) is 5.92 Å². The maximum Gasteiger partial charge on any atom is 0.248 e. The molecular formula is C17H22ClN5O2. The van der Waals surface area contributed by atoms with Gasteiger partial charge in [0, 0.05) is 30.3 Å². The van der Waals surface area contributed by atoms with Gasteiger partial charge in [0.25, 0.3) is 0 Å². The minimum Gasteiger partial charge on any atom is -0.326 e. The quantitative estimate of drug-likeness (QED) is 0.758. The highest BCUT2D eigenvalue weighted by Crippen LogP contribution is 2.18. The fourth-order valence-electron chi connectivity index (χ4n) is 2.67. The van der Waals surface area contributed by atoms with Crippen LogP contribution in [0, 0.1) is 5.92 Å². The summed E-state index contributed by atoms with van der Waals surface area (Å²) in [5.74, 6) is -0.154. The predicted molar refractivity (Wildman–Crippen MR) is 98.9 cm³/mol. The van der Waals surface area contributed by atoms with E-state index in [-0.39, 0.29) is 30.1 Å². The van der Waals surface area contributed by atoms with Crippen LogP contribution in [0.1, 0.15) is 19.4 Å². The minimum atomic E-state index is -0.414. The second kappa shape index (κ2) is 8.64. The Morgan fingerprint density at radius 2 is 2.04 bits per heavy atom. The first-order valence-corrected chi connectivity index (χ1v) is 8.05. The van der Waals surface area contributed by atoms with E-state index < -0.39 is 6.04 Å². The maximum atomic E-state index is 12.3. The first-order valence-electron chi connectivity index (χ1n) is 8.05. The Labute approximate surface area is 152 Å². The molecule has 1 aliphatic rings. The second-order valence-corrected chi connectivity index (χ2v) is 5.91. The third-order valence-corrected chi connectivity index (χ3v) is 4.13. The van der Waals surface area contributed by atoms with E-state index in [0.717, 1.165) is 13.0 Å². The molecule has 1 saturated heterocycles. The van der Waals surface area contributed by atoms with E-state index in [1.807, 2.05) is 6.07 Å². The molecule has 3 rings (SSSR count). The number of rotatable bonds is 5. The van der Waals surface area contributed by atoms with Crippen LogP contribution in [0.25, 0.3) is 0 Å². The fourth-order valence-corrected chi connectivity index (χ4v) is 2.67. The molecule has 1 aliphatic heterocycles. The van der Waals surface area contributed by atoms with Gasteiger partial charge in [-0.1, -0.05) is 6.07 Å². The largest absolute Gasteiger partial charge is 0.326 e. The lowest BCUT2D eigenvalue weighted by Crippen LogP contribution is -2.25. The molecule has 2 atom stereocenters. The van der Waals surface area contributed by atoms with Crippen molar-refractivity contribution in [3.63, 3.8) is 0 Å². The summed E-state index contributed by atoms with van der Waals surface area (Å²) < 4.78 is 1.59. The molecule has 2 amide bonds. The van der Waals surface area contributed by atoms with Crippen molar-refractivity contribution in [1.29, 1.82) is 0 Å². The Hall–Kier alpha value is -2.38. The van der Waals surface area contributed by atoms with Crippen LogP contribution >= 0.6 is 12.4 Å². The van der Waals surface area contributed by atoms with Gasteiger partial charge in [-0.15, -0.1) is 12.4 Å². The Bertz CT molecular complexity index is 714. The van der Waals surface area contributed by atoms with Crippen LogP contribution in [0.4, 0.5) is 11.4 Å². The number of nitrogens with zero attached hydrogens (tertiary/aromatic N) is 2. The standard InChI is InChI=1S/C17H21N5O2.ClH/c1-12(22-9-3-7-19-22)16(23)20-14-4-2-5-15(10-14)21-17(24)13-6-8-18-11-13;/h2-5,7,9-10,12-13,18H,6,8,11H2,1H3,(H,20,23)(H,21,24);1H. The van der Waals surface area contributed by atoms with E-state index in [0.29, 0.717) is 17.9 Å². The van der Waals surface area contributed by atoms with E-state index in [1.54, 1.807) is 48.3 Å². The summed E-state index contributed by atoms with van der Waals surface area (Å²) in [6.07, 6.45) is 4.23. The lowest BCUT2D eigenvalue weighted by atomic mass is 10.1. The lowest BCUT2D eigenvalue weighted by Gasteiger charge is -2.14. The first kappa shape index (κ1) is 19.0. The number of aromatic nitrogens is 2. The van der Waals surface area contributed by atoms with Crippen molar-refractivity contribution >= 4 is 35.6 Å². The molecule has 0 saturated carbocycles. The third-order valence-electron chi connectivity index (χ3n) is 4.13. The highest BCUT2D eigenvalue weighted by Gasteiger charge is 2.22. The predicted octanol–water partition coefficient (Wildman–Crippen LogP) is 2.05. The number of anilines is 2. The van der Waals surface area contributed by atoms with Gasteiger partial charge >= 0.3 is 0 Å². The van der Waals surface area contributed by atoms with Crippen molar-refractivity contribution < 1.29 is 9.59 Å². The number of hydrogen-bond acceptors (Lipinski definition) is 4. The Kier molecular flexibility index (Phi) is 6.55. The van der Waals surface area contributed by atoms with Gasteiger partial charge in [-0.3, -0.25) is 14.3 Å². The number of amides is 2. The Morgan fingerprint density at radius 1 is 1.28 bits per heavy atom. The summed E-state index contributed by atoms with van der Waals surface area (Å²) in [5.41, 5.74) is 1.32. The summed E-state index contributed by atoms with van der Waals surface area (Å²) in [4.78, 5) is 24.4. The zero-order valence-electron chi connectivity index (χ0n) is 13.9. The van der Waals surface area contributed by atoms with Gasteiger partial charge in [-0.25, -0.2) is 0 Å². The molecule has 0 radical (unpaired) electrons. The van der Waals surface area contributed by atoms with Crippen LogP contribution in [0.3, 0.4) is 0 Å². The van der Waals surface area contributed by atoms with E-state index in [9.17, 15) is 9.59 Å². The van der Waals surface area contributed by atoms with Crippen LogP contribution in [0.5, 0.6) is 0 Å². The summed E-state index contributed by atoms with van der Waals surface area (Å²) >= 11 is 0. The van der Waals surface area contributed by atoms with Crippen molar-refractivity contribution in [2.75, 3.05) is 23.7 Å². The number of hydrogen-bond donors (Lipinski definition) is 3. The van der Waals surface area contributed by atoms with Crippen molar-refractivity contribution in [3.8, 4) is 0 Å². The highest BCUT2D eigenvalue weighted by molar-refractivity contribution is 5.96. The Balaban J connectivity index is 0.00000225. The van der Waals surface area contributed by atoms with E-state index in [1.165, 1.54) is 0 Å². The molecule has 1 fully saturated rings. The number of carbonyl (C=O) groups is 2. The van der Waals surface area contributed by atoms with Crippen LogP contribution in [-0.2, 0) is 9.59 Å². The van der Waals surface area contributed by atoms with Crippen molar-refractivity contribution in [2.24, 2.45) is 5.92 Å². The molecule has 25 heavy (non-hydrogen) atoms. The summed E-state index contributed by atoms with van der Waals surface area (Å²) in [6.45, 7) is 3.37. The topological polar surface area (TPSA) is 88.0 Å². The molecule has 1 aromatic heterocycles. The zero-order valence-corrected chi connectivity index (χ0v) is 14.8. The van der Waals surface area contributed by atoms with E-state index in [2.05, 4.69) is 21.0 Å². The average Bonchev–Trinajstić information content (AvgIpc) is 3.28. The lowest BCUT2D eigenvalue weighted by molar-refractivity contribution is -0.119. The van der Waals surface area contributed by atoms with Gasteiger partial charge in [0.15, 0.2) is 0 Å². The van der Waals surface area contributed by atoms with E-state index in [4.69, 9.17) is 0 Å². The van der Waals surface area contributed by atoms with Crippen LogP contribution in [-0.4, -0.2) is 34.7 Å². The van der Waals surface area contributed by atoms with Gasteiger partial charge < -0.3 is 16.0 Å². The zero-order chi connectivity index (χ0) is 16.9. The van der Waals surface area contributed by atoms with Crippen LogP contribution < -0.4 is 16.0 Å². The number of nitrogens with one attached hydrogen (secondary N) is 3.